The predicted octanol–water partition coefficient (Wildman–Crippen LogP) is 1.96. The molecule has 0 bridgehead atoms. The normalized spacial score (nSPS) is 11.7. The number of thiazole rings is 1. The van der Waals surface area contributed by atoms with Crippen LogP contribution in [0.25, 0.3) is 22.5 Å². The summed E-state index contributed by atoms with van der Waals surface area (Å²) in [4.78, 5) is 33.1. The Kier molecular flexibility index (Phi) is 4.81. The second-order valence-electron chi connectivity index (χ2n) is 5.72. The van der Waals surface area contributed by atoms with Crippen LogP contribution in [0.15, 0.2) is 53.6 Å². The molecule has 0 saturated heterocycles. The summed E-state index contributed by atoms with van der Waals surface area (Å²) in [6, 6.07) is 10.4. The molecule has 0 radical (unpaired) electrons. The molecular weight excluding hydrogens is 378 g/mol. The van der Waals surface area contributed by atoms with Crippen molar-refractivity contribution in [2.24, 2.45) is 0 Å². The molecule has 0 atom stereocenters. The Morgan fingerprint density at radius 1 is 1.21 bits per heavy atom. The second-order valence-corrected chi connectivity index (χ2v) is 6.73. The van der Waals surface area contributed by atoms with Gasteiger partial charge in [0.15, 0.2) is 5.82 Å². The van der Waals surface area contributed by atoms with Crippen LogP contribution in [-0.4, -0.2) is 32.2 Å². The lowest BCUT2D eigenvalue weighted by atomic mass is 10.2. The third-order valence-electron chi connectivity index (χ3n) is 3.89. The van der Waals surface area contributed by atoms with E-state index in [1.165, 1.54) is 15.9 Å². The molecule has 0 aliphatic carbocycles. The number of carbonyl (C=O) groups excluding carboxylic acids is 1. The first-order valence-corrected chi connectivity index (χ1v) is 9.31. The summed E-state index contributed by atoms with van der Waals surface area (Å²) in [5.41, 5.74) is 1.77. The molecule has 28 heavy (non-hydrogen) atoms. The summed E-state index contributed by atoms with van der Waals surface area (Å²) in [6.07, 6.45) is 4.91. The number of hydrogen-bond donors (Lipinski definition) is 1. The van der Waals surface area contributed by atoms with Crippen molar-refractivity contribution in [1.29, 1.82) is 0 Å². The summed E-state index contributed by atoms with van der Waals surface area (Å²) >= 11 is 1.24. The lowest BCUT2D eigenvalue weighted by Crippen LogP contribution is -2.24. The van der Waals surface area contributed by atoms with E-state index in [0.717, 1.165) is 11.3 Å². The van der Waals surface area contributed by atoms with Crippen molar-refractivity contribution in [2.75, 3.05) is 11.9 Å². The summed E-state index contributed by atoms with van der Waals surface area (Å²) in [7, 11) is 0. The predicted molar refractivity (Wildman–Crippen MR) is 106 cm³/mol. The van der Waals surface area contributed by atoms with Crippen LogP contribution in [-0.2, 0) is 4.74 Å². The maximum absolute atomic E-state index is 12.5. The minimum Gasteiger partial charge on any atom is -0.462 e. The molecule has 0 aliphatic rings. The Bertz CT molecular complexity index is 1230. The average Bonchev–Trinajstić information content (AvgIpc) is 3.27. The van der Waals surface area contributed by atoms with E-state index >= 15 is 0 Å². The minimum atomic E-state index is -0.365. The fourth-order valence-electron chi connectivity index (χ4n) is 2.52. The van der Waals surface area contributed by atoms with Gasteiger partial charge < -0.3 is 10.1 Å². The third kappa shape index (κ3) is 3.47. The molecule has 140 valence electrons. The average molecular weight is 393 g/mol. The van der Waals surface area contributed by atoms with Gasteiger partial charge in [0.1, 0.15) is 4.53 Å². The van der Waals surface area contributed by atoms with Crippen molar-refractivity contribution < 1.29 is 9.53 Å². The van der Waals surface area contributed by atoms with Crippen molar-refractivity contribution in [3.05, 3.63) is 69.2 Å². The zero-order valence-corrected chi connectivity index (χ0v) is 15.6. The van der Waals surface area contributed by atoms with Crippen LogP contribution in [0.5, 0.6) is 0 Å². The van der Waals surface area contributed by atoms with E-state index in [-0.39, 0.29) is 11.5 Å². The zero-order chi connectivity index (χ0) is 19.5. The van der Waals surface area contributed by atoms with Gasteiger partial charge in [-0.05, 0) is 43.3 Å². The van der Waals surface area contributed by atoms with E-state index in [9.17, 15) is 9.59 Å². The highest BCUT2D eigenvalue weighted by atomic mass is 32.1. The molecule has 1 N–H and O–H groups in total. The number of anilines is 1. The lowest BCUT2D eigenvalue weighted by Gasteiger charge is -2.03. The molecule has 0 aliphatic heterocycles. The summed E-state index contributed by atoms with van der Waals surface area (Å²) in [5.74, 6) is 0.121. The number of fused-ring (bicyclic) bond motifs is 1. The quantitative estimate of drug-likeness (QED) is 0.518. The highest BCUT2D eigenvalue weighted by Gasteiger charge is 2.11. The first-order chi connectivity index (χ1) is 13.7. The van der Waals surface area contributed by atoms with Crippen molar-refractivity contribution >= 4 is 34.2 Å². The topological polar surface area (TPSA) is 98.5 Å². The number of nitrogens with zero attached hydrogens (tertiary/aromatic N) is 4. The van der Waals surface area contributed by atoms with Crippen LogP contribution >= 0.6 is 11.3 Å². The number of pyridine rings is 1. The SMILES string of the molecule is CCOC(=O)c1ccc(N/C=c2\sc3nc(-c4ccncc4)nn3c2=O)cc1. The Morgan fingerprint density at radius 3 is 2.64 bits per heavy atom. The van der Waals surface area contributed by atoms with E-state index in [4.69, 9.17) is 4.74 Å². The van der Waals surface area contributed by atoms with Gasteiger partial charge >= 0.3 is 5.97 Å². The number of benzene rings is 1. The van der Waals surface area contributed by atoms with Gasteiger partial charge in [-0.1, -0.05) is 11.3 Å². The van der Waals surface area contributed by atoms with Crippen molar-refractivity contribution in [2.45, 2.75) is 6.92 Å². The van der Waals surface area contributed by atoms with Gasteiger partial charge in [-0.25, -0.2) is 4.79 Å². The standard InChI is InChI=1S/C19H15N5O3S/c1-2-27-18(26)13-3-5-14(6-4-13)21-11-15-17(25)24-19(28-15)22-16(23-24)12-7-9-20-10-8-12/h3-11,21H,2H2,1H3/b15-11-. The fraction of sp³-hybridized carbons (Fsp3) is 0.105. The van der Waals surface area contributed by atoms with E-state index in [2.05, 4.69) is 20.4 Å². The molecule has 3 heterocycles. The van der Waals surface area contributed by atoms with Crippen molar-refractivity contribution in [3.8, 4) is 11.4 Å². The highest BCUT2D eigenvalue weighted by Crippen LogP contribution is 2.15. The first kappa shape index (κ1) is 17.8. The fourth-order valence-corrected chi connectivity index (χ4v) is 3.35. The van der Waals surface area contributed by atoms with Gasteiger partial charge in [-0.2, -0.15) is 9.50 Å². The molecule has 8 nitrogen and oxygen atoms in total. The van der Waals surface area contributed by atoms with Crippen LogP contribution in [0, 0.1) is 0 Å². The largest absolute Gasteiger partial charge is 0.462 e. The number of nitrogens with one attached hydrogen (secondary N) is 1. The highest BCUT2D eigenvalue weighted by molar-refractivity contribution is 7.15. The molecular formula is C19H15N5O3S. The van der Waals surface area contributed by atoms with Crippen LogP contribution in [0.2, 0.25) is 0 Å². The molecule has 0 amide bonds. The molecule has 0 fully saturated rings. The summed E-state index contributed by atoms with van der Waals surface area (Å²) in [5, 5.41) is 7.34. The van der Waals surface area contributed by atoms with Gasteiger partial charge in [-0.3, -0.25) is 9.78 Å². The number of ether oxygens (including phenoxy) is 1. The van der Waals surface area contributed by atoms with Gasteiger partial charge in [0.05, 0.1) is 12.2 Å². The molecule has 4 aromatic rings. The number of hydrogen-bond acceptors (Lipinski definition) is 8. The van der Waals surface area contributed by atoms with Gasteiger partial charge in [0.2, 0.25) is 4.96 Å². The second kappa shape index (κ2) is 7.57. The molecule has 1 aromatic carbocycles. The molecule has 9 heteroatoms. The Labute approximate surface area is 163 Å². The van der Waals surface area contributed by atoms with Gasteiger partial charge in [0, 0.05) is 29.8 Å². The summed E-state index contributed by atoms with van der Waals surface area (Å²) < 4.78 is 6.72. The van der Waals surface area contributed by atoms with Crippen LogP contribution in [0.1, 0.15) is 17.3 Å². The Morgan fingerprint density at radius 2 is 1.96 bits per heavy atom. The van der Waals surface area contributed by atoms with Crippen molar-refractivity contribution in [1.82, 2.24) is 19.6 Å². The Balaban J connectivity index is 1.57. The smallest absolute Gasteiger partial charge is 0.338 e. The number of aromatic nitrogens is 4. The van der Waals surface area contributed by atoms with Gasteiger partial charge in [-0.15, -0.1) is 5.10 Å². The molecule has 0 saturated carbocycles. The number of carbonyl (C=O) groups is 1. The monoisotopic (exact) mass is 393 g/mol. The van der Waals surface area contributed by atoms with Crippen molar-refractivity contribution in [3.63, 3.8) is 0 Å². The molecule has 0 unspecified atom stereocenters. The minimum absolute atomic E-state index is 0.247. The molecule has 3 aromatic heterocycles. The Hall–Kier alpha value is -3.59. The van der Waals surface area contributed by atoms with E-state index in [0.29, 0.717) is 27.5 Å². The van der Waals surface area contributed by atoms with E-state index < -0.39 is 0 Å². The maximum Gasteiger partial charge on any atom is 0.338 e. The van der Waals surface area contributed by atoms with Crippen LogP contribution in [0.3, 0.4) is 0 Å². The maximum atomic E-state index is 12.5. The van der Waals surface area contributed by atoms with E-state index in [1.807, 2.05) is 0 Å². The molecule has 0 spiro atoms. The summed E-state index contributed by atoms with van der Waals surface area (Å²) in [6.45, 7) is 2.09. The first-order valence-electron chi connectivity index (χ1n) is 8.49. The van der Waals surface area contributed by atoms with Crippen LogP contribution in [0.4, 0.5) is 5.69 Å². The van der Waals surface area contributed by atoms with Gasteiger partial charge in [0.25, 0.3) is 5.56 Å². The van der Waals surface area contributed by atoms with Crippen LogP contribution < -0.4 is 15.4 Å². The molecule has 4 rings (SSSR count). The number of esters is 1. The lowest BCUT2D eigenvalue weighted by molar-refractivity contribution is 0.0526. The zero-order valence-electron chi connectivity index (χ0n) is 14.8. The number of rotatable bonds is 5. The van der Waals surface area contributed by atoms with E-state index in [1.54, 1.807) is 61.9 Å². The third-order valence-corrected chi connectivity index (χ3v) is 4.85.